The van der Waals surface area contributed by atoms with E-state index < -0.39 is 0 Å². The molecule has 0 bridgehead atoms. The third-order valence-electron chi connectivity index (χ3n) is 3.28. The standard InChI is InChI=1S/C18H16N2O4/c1-22-15-7-6-14(20-18(21)16-5-3-9-23-16)10-17(15)24-12-13-4-2-8-19-11-13/h2-11H,12H2,1H3,(H,20,21). The number of ether oxygens (including phenoxy) is 2. The second-order valence-corrected chi connectivity index (χ2v) is 4.95. The van der Waals surface area contributed by atoms with Crippen LogP contribution in [0, 0.1) is 0 Å². The minimum Gasteiger partial charge on any atom is -0.493 e. The van der Waals surface area contributed by atoms with Crippen molar-refractivity contribution in [1.29, 1.82) is 0 Å². The van der Waals surface area contributed by atoms with Crippen molar-refractivity contribution in [3.63, 3.8) is 0 Å². The van der Waals surface area contributed by atoms with Gasteiger partial charge in [-0.2, -0.15) is 0 Å². The largest absolute Gasteiger partial charge is 0.493 e. The molecule has 6 nitrogen and oxygen atoms in total. The number of aromatic nitrogens is 1. The lowest BCUT2D eigenvalue weighted by atomic mass is 10.2. The second kappa shape index (κ2) is 7.32. The van der Waals surface area contributed by atoms with Crippen LogP contribution < -0.4 is 14.8 Å². The Morgan fingerprint density at radius 3 is 2.83 bits per heavy atom. The summed E-state index contributed by atoms with van der Waals surface area (Å²) < 4.78 is 16.2. The highest BCUT2D eigenvalue weighted by molar-refractivity contribution is 6.02. The first-order valence-corrected chi connectivity index (χ1v) is 7.31. The van der Waals surface area contributed by atoms with Crippen molar-refractivity contribution in [3.8, 4) is 11.5 Å². The predicted octanol–water partition coefficient (Wildman–Crippen LogP) is 3.51. The normalized spacial score (nSPS) is 10.2. The third-order valence-corrected chi connectivity index (χ3v) is 3.28. The third kappa shape index (κ3) is 3.73. The number of nitrogens with one attached hydrogen (secondary N) is 1. The summed E-state index contributed by atoms with van der Waals surface area (Å²) in [5.74, 6) is 1.01. The topological polar surface area (TPSA) is 73.6 Å². The first-order valence-electron chi connectivity index (χ1n) is 7.31. The van der Waals surface area contributed by atoms with E-state index in [4.69, 9.17) is 13.9 Å². The van der Waals surface area contributed by atoms with Gasteiger partial charge >= 0.3 is 0 Å². The zero-order chi connectivity index (χ0) is 16.8. The van der Waals surface area contributed by atoms with Gasteiger partial charge in [-0.25, -0.2) is 0 Å². The van der Waals surface area contributed by atoms with Crippen molar-refractivity contribution in [3.05, 3.63) is 72.4 Å². The number of carbonyl (C=O) groups excluding carboxylic acids is 1. The fourth-order valence-corrected chi connectivity index (χ4v) is 2.11. The molecule has 1 N–H and O–H groups in total. The number of methoxy groups -OCH3 is 1. The molecule has 0 aliphatic rings. The summed E-state index contributed by atoms with van der Waals surface area (Å²) in [6.45, 7) is 0.347. The van der Waals surface area contributed by atoms with Crippen LogP contribution in [0.5, 0.6) is 11.5 Å². The molecule has 122 valence electrons. The van der Waals surface area contributed by atoms with E-state index in [0.717, 1.165) is 5.56 Å². The quantitative estimate of drug-likeness (QED) is 0.751. The van der Waals surface area contributed by atoms with E-state index in [9.17, 15) is 4.79 Å². The number of anilines is 1. The fraction of sp³-hybridized carbons (Fsp3) is 0.111. The summed E-state index contributed by atoms with van der Waals surface area (Å²) in [5.41, 5.74) is 1.52. The van der Waals surface area contributed by atoms with Crippen molar-refractivity contribution in [2.45, 2.75) is 6.61 Å². The van der Waals surface area contributed by atoms with Gasteiger partial charge in [-0.3, -0.25) is 9.78 Å². The van der Waals surface area contributed by atoms with Gasteiger partial charge in [0, 0.05) is 29.7 Å². The average Bonchev–Trinajstić information content (AvgIpc) is 3.16. The maximum Gasteiger partial charge on any atom is 0.291 e. The lowest BCUT2D eigenvalue weighted by Crippen LogP contribution is -2.11. The van der Waals surface area contributed by atoms with Crippen LogP contribution in [-0.2, 0) is 6.61 Å². The summed E-state index contributed by atoms with van der Waals surface area (Å²) in [6, 6.07) is 12.2. The Morgan fingerprint density at radius 1 is 1.21 bits per heavy atom. The van der Waals surface area contributed by atoms with Crippen molar-refractivity contribution < 1.29 is 18.7 Å². The highest BCUT2D eigenvalue weighted by atomic mass is 16.5. The number of hydrogen-bond acceptors (Lipinski definition) is 5. The van der Waals surface area contributed by atoms with E-state index in [1.807, 2.05) is 12.1 Å². The summed E-state index contributed by atoms with van der Waals surface area (Å²) >= 11 is 0. The number of furan rings is 1. The molecule has 0 saturated carbocycles. The monoisotopic (exact) mass is 324 g/mol. The molecule has 0 saturated heterocycles. The molecule has 0 unspecified atom stereocenters. The molecule has 3 aromatic rings. The Balaban J connectivity index is 1.74. The van der Waals surface area contributed by atoms with Crippen LogP contribution in [0.4, 0.5) is 5.69 Å². The first kappa shape index (κ1) is 15.6. The van der Waals surface area contributed by atoms with E-state index >= 15 is 0 Å². The highest BCUT2D eigenvalue weighted by Gasteiger charge is 2.11. The van der Waals surface area contributed by atoms with Crippen molar-refractivity contribution in [2.24, 2.45) is 0 Å². The number of benzene rings is 1. The molecule has 6 heteroatoms. The second-order valence-electron chi connectivity index (χ2n) is 4.95. The summed E-state index contributed by atoms with van der Waals surface area (Å²) in [4.78, 5) is 16.1. The molecule has 1 amide bonds. The Kier molecular flexibility index (Phi) is 4.76. The lowest BCUT2D eigenvalue weighted by molar-refractivity contribution is 0.0996. The zero-order valence-corrected chi connectivity index (χ0v) is 13.1. The minimum absolute atomic E-state index is 0.239. The van der Waals surface area contributed by atoms with Gasteiger partial charge in [-0.15, -0.1) is 0 Å². The smallest absolute Gasteiger partial charge is 0.291 e. The molecule has 2 aromatic heterocycles. The Bertz CT molecular complexity index is 801. The molecule has 0 atom stereocenters. The van der Waals surface area contributed by atoms with E-state index in [-0.39, 0.29) is 11.7 Å². The Morgan fingerprint density at radius 2 is 2.12 bits per heavy atom. The number of hydrogen-bond donors (Lipinski definition) is 1. The fourth-order valence-electron chi connectivity index (χ4n) is 2.11. The molecule has 24 heavy (non-hydrogen) atoms. The molecule has 0 radical (unpaired) electrons. The van der Waals surface area contributed by atoms with Crippen LogP contribution in [0.2, 0.25) is 0 Å². The van der Waals surface area contributed by atoms with Gasteiger partial charge in [0.05, 0.1) is 13.4 Å². The van der Waals surface area contributed by atoms with Gasteiger partial charge in [-0.05, 0) is 30.3 Å². The summed E-state index contributed by atoms with van der Waals surface area (Å²) in [6.07, 6.45) is 4.88. The SMILES string of the molecule is COc1ccc(NC(=O)c2ccco2)cc1OCc1cccnc1. The number of rotatable bonds is 6. The molecule has 0 fully saturated rings. The van der Waals surface area contributed by atoms with E-state index in [2.05, 4.69) is 10.3 Å². The number of pyridine rings is 1. The number of amides is 1. The summed E-state index contributed by atoms with van der Waals surface area (Å²) in [5, 5.41) is 2.75. The molecular formula is C18H16N2O4. The van der Waals surface area contributed by atoms with E-state index in [0.29, 0.717) is 23.8 Å². The summed E-state index contributed by atoms with van der Waals surface area (Å²) in [7, 11) is 1.56. The molecule has 1 aromatic carbocycles. The van der Waals surface area contributed by atoms with E-state index in [1.165, 1.54) is 6.26 Å². The maximum absolute atomic E-state index is 12.0. The molecule has 0 aliphatic carbocycles. The maximum atomic E-state index is 12.0. The van der Waals surface area contributed by atoms with Gasteiger partial charge in [-0.1, -0.05) is 6.07 Å². The van der Waals surface area contributed by atoms with Crippen LogP contribution in [0.15, 0.2) is 65.5 Å². The van der Waals surface area contributed by atoms with Crippen molar-refractivity contribution in [2.75, 3.05) is 12.4 Å². The highest BCUT2D eigenvalue weighted by Crippen LogP contribution is 2.31. The Hall–Kier alpha value is -3.28. The average molecular weight is 324 g/mol. The Labute approximate surface area is 139 Å². The van der Waals surface area contributed by atoms with Gasteiger partial charge < -0.3 is 19.2 Å². The molecule has 0 spiro atoms. The minimum atomic E-state index is -0.330. The lowest BCUT2D eigenvalue weighted by Gasteiger charge is -2.12. The number of nitrogens with zero attached hydrogens (tertiary/aromatic N) is 1. The van der Waals surface area contributed by atoms with E-state index in [1.54, 1.807) is 49.8 Å². The molecular weight excluding hydrogens is 308 g/mol. The van der Waals surface area contributed by atoms with Gasteiger partial charge in [0.15, 0.2) is 17.3 Å². The number of carbonyl (C=O) groups is 1. The van der Waals surface area contributed by atoms with Gasteiger partial charge in [0.2, 0.25) is 0 Å². The van der Waals surface area contributed by atoms with Crippen LogP contribution in [0.1, 0.15) is 16.1 Å². The van der Waals surface area contributed by atoms with Crippen LogP contribution in [0.3, 0.4) is 0 Å². The van der Waals surface area contributed by atoms with Crippen LogP contribution >= 0.6 is 0 Å². The van der Waals surface area contributed by atoms with Crippen molar-refractivity contribution >= 4 is 11.6 Å². The van der Waals surface area contributed by atoms with Crippen molar-refractivity contribution in [1.82, 2.24) is 4.98 Å². The molecule has 3 rings (SSSR count). The van der Waals surface area contributed by atoms with Crippen LogP contribution in [0.25, 0.3) is 0 Å². The van der Waals surface area contributed by atoms with Crippen LogP contribution in [-0.4, -0.2) is 18.0 Å². The molecule has 0 aliphatic heterocycles. The molecule has 2 heterocycles. The van der Waals surface area contributed by atoms with Gasteiger partial charge in [0.25, 0.3) is 5.91 Å². The van der Waals surface area contributed by atoms with Gasteiger partial charge in [0.1, 0.15) is 6.61 Å². The first-order chi connectivity index (χ1) is 11.8. The predicted molar refractivity (Wildman–Crippen MR) is 88.2 cm³/mol. The zero-order valence-electron chi connectivity index (χ0n) is 13.1.